The normalized spacial score (nSPS) is 31.8. The van der Waals surface area contributed by atoms with E-state index in [0.717, 1.165) is 0 Å². The number of carbonyl (C=O) groups is 1. The molecule has 0 saturated carbocycles. The molecule has 2 unspecified atom stereocenters. The summed E-state index contributed by atoms with van der Waals surface area (Å²) in [6.45, 7) is 0. The molecule has 0 aromatic heterocycles. The van der Waals surface area contributed by atoms with Crippen molar-refractivity contribution in [2.45, 2.75) is 18.9 Å². The molecule has 1 aliphatic rings. The van der Waals surface area contributed by atoms with Crippen LogP contribution in [-0.2, 0) is 14.6 Å². The Morgan fingerprint density at radius 2 is 2.00 bits per heavy atom. The number of carboxylic acid groups (broad SMARTS) is 1. The maximum Gasteiger partial charge on any atom is 0.303 e. The smallest absolute Gasteiger partial charge is 0.303 e. The Labute approximate surface area is 76.3 Å². The number of sulfone groups is 1. The Morgan fingerprint density at radius 1 is 1.38 bits per heavy atom. The predicted octanol–water partition coefficient (Wildman–Crippen LogP) is -0.743. The van der Waals surface area contributed by atoms with E-state index < -0.39 is 27.8 Å². The summed E-state index contributed by atoms with van der Waals surface area (Å²) in [5.41, 5.74) is 0. The number of rotatable bonds is 3. The summed E-state index contributed by atoms with van der Waals surface area (Å²) >= 11 is 0. The molecule has 1 fully saturated rings. The highest BCUT2D eigenvalue weighted by molar-refractivity contribution is 7.91. The van der Waals surface area contributed by atoms with E-state index in [1.54, 1.807) is 0 Å². The second-order valence-electron chi connectivity index (χ2n) is 3.34. The predicted molar refractivity (Wildman–Crippen MR) is 45.0 cm³/mol. The number of aliphatic hydroxyl groups is 1. The Hall–Kier alpha value is -0.620. The van der Waals surface area contributed by atoms with Crippen LogP contribution < -0.4 is 0 Å². The third-order valence-electron chi connectivity index (χ3n) is 2.17. The van der Waals surface area contributed by atoms with E-state index in [4.69, 9.17) is 5.11 Å². The molecule has 1 saturated heterocycles. The summed E-state index contributed by atoms with van der Waals surface area (Å²) in [5.74, 6) is -1.67. The molecule has 0 aliphatic carbocycles. The van der Waals surface area contributed by atoms with Gasteiger partial charge in [0.2, 0.25) is 0 Å². The Balaban J connectivity index is 2.49. The average molecular weight is 208 g/mol. The van der Waals surface area contributed by atoms with Gasteiger partial charge in [-0.15, -0.1) is 0 Å². The Bertz CT molecular complexity index is 294. The molecule has 6 heteroatoms. The molecule has 1 aliphatic heterocycles. The van der Waals surface area contributed by atoms with E-state index in [2.05, 4.69) is 0 Å². The monoisotopic (exact) mass is 208 g/mol. The van der Waals surface area contributed by atoms with Gasteiger partial charge in [-0.25, -0.2) is 8.42 Å². The molecule has 0 aromatic carbocycles. The fourth-order valence-corrected chi connectivity index (χ4v) is 3.46. The van der Waals surface area contributed by atoms with Crippen molar-refractivity contribution in [2.75, 3.05) is 11.5 Å². The lowest BCUT2D eigenvalue weighted by molar-refractivity contribution is -0.137. The van der Waals surface area contributed by atoms with Crippen LogP contribution in [0, 0.1) is 5.92 Å². The fraction of sp³-hybridized carbons (Fsp3) is 0.857. The largest absolute Gasteiger partial charge is 0.481 e. The minimum absolute atomic E-state index is 0.0819. The van der Waals surface area contributed by atoms with Gasteiger partial charge in [0.1, 0.15) is 0 Å². The van der Waals surface area contributed by atoms with Crippen LogP contribution in [0.2, 0.25) is 0 Å². The van der Waals surface area contributed by atoms with Crippen LogP contribution in [0.4, 0.5) is 0 Å². The van der Waals surface area contributed by atoms with Crippen LogP contribution in [0.5, 0.6) is 0 Å². The van der Waals surface area contributed by atoms with E-state index in [1.807, 2.05) is 0 Å². The molecule has 0 radical (unpaired) electrons. The van der Waals surface area contributed by atoms with Crippen LogP contribution in [0.3, 0.4) is 0 Å². The fourth-order valence-electron chi connectivity index (χ4n) is 1.49. The zero-order valence-electron chi connectivity index (χ0n) is 7.01. The van der Waals surface area contributed by atoms with E-state index in [1.165, 1.54) is 0 Å². The second-order valence-corrected chi connectivity index (χ2v) is 5.49. The van der Waals surface area contributed by atoms with Gasteiger partial charge in [0.15, 0.2) is 9.84 Å². The summed E-state index contributed by atoms with van der Waals surface area (Å²) in [6, 6.07) is 0. The van der Waals surface area contributed by atoms with Gasteiger partial charge in [-0.2, -0.15) is 0 Å². The highest BCUT2D eigenvalue weighted by atomic mass is 32.2. The first kappa shape index (κ1) is 10.5. The lowest BCUT2D eigenvalue weighted by Gasteiger charge is -2.09. The average Bonchev–Trinajstić information content (AvgIpc) is 2.20. The van der Waals surface area contributed by atoms with Crippen molar-refractivity contribution in [3.05, 3.63) is 0 Å². The van der Waals surface area contributed by atoms with Crippen LogP contribution in [0.1, 0.15) is 12.8 Å². The summed E-state index contributed by atoms with van der Waals surface area (Å²) < 4.78 is 22.0. The van der Waals surface area contributed by atoms with E-state index in [-0.39, 0.29) is 24.3 Å². The molecular formula is C7H12O5S. The highest BCUT2D eigenvalue weighted by Gasteiger charge is 2.36. The lowest BCUT2D eigenvalue weighted by atomic mass is 10.0. The standard InChI is InChI=1S/C7H12O5S/c8-6-4-13(11,12)3-5(6)1-2-7(9)10/h5-6,8H,1-4H2,(H,9,10). The van der Waals surface area contributed by atoms with Crippen LogP contribution in [0.25, 0.3) is 0 Å². The van der Waals surface area contributed by atoms with Crippen LogP contribution >= 0.6 is 0 Å². The van der Waals surface area contributed by atoms with Crippen molar-refractivity contribution in [1.82, 2.24) is 0 Å². The summed E-state index contributed by atoms with van der Waals surface area (Å²) in [5, 5.41) is 17.6. The minimum Gasteiger partial charge on any atom is -0.481 e. The third kappa shape index (κ3) is 2.96. The molecule has 0 spiro atoms. The van der Waals surface area contributed by atoms with Gasteiger partial charge in [0, 0.05) is 12.3 Å². The van der Waals surface area contributed by atoms with Gasteiger partial charge < -0.3 is 10.2 Å². The molecule has 0 bridgehead atoms. The van der Waals surface area contributed by atoms with Crippen molar-refractivity contribution < 1.29 is 23.4 Å². The van der Waals surface area contributed by atoms with Gasteiger partial charge in [0.25, 0.3) is 0 Å². The molecule has 1 heterocycles. The van der Waals surface area contributed by atoms with Crippen molar-refractivity contribution in [3.8, 4) is 0 Å². The first-order valence-corrected chi connectivity index (χ1v) is 5.83. The lowest BCUT2D eigenvalue weighted by Crippen LogP contribution is -2.18. The van der Waals surface area contributed by atoms with Gasteiger partial charge >= 0.3 is 5.97 Å². The van der Waals surface area contributed by atoms with Crippen molar-refractivity contribution >= 4 is 15.8 Å². The number of carboxylic acids is 1. The molecule has 0 aromatic rings. The number of hydrogen-bond acceptors (Lipinski definition) is 4. The quantitative estimate of drug-likeness (QED) is 0.637. The van der Waals surface area contributed by atoms with Crippen LogP contribution in [0.15, 0.2) is 0 Å². The maximum atomic E-state index is 11.0. The molecule has 13 heavy (non-hydrogen) atoms. The topological polar surface area (TPSA) is 91.7 Å². The summed E-state index contributed by atoms with van der Waals surface area (Å²) in [4.78, 5) is 10.2. The number of aliphatic hydroxyl groups excluding tert-OH is 1. The van der Waals surface area contributed by atoms with Crippen molar-refractivity contribution in [1.29, 1.82) is 0 Å². The summed E-state index contributed by atoms with van der Waals surface area (Å²) in [6.07, 6.45) is -0.739. The van der Waals surface area contributed by atoms with Gasteiger partial charge in [-0.3, -0.25) is 4.79 Å². The third-order valence-corrected chi connectivity index (χ3v) is 3.95. The molecule has 2 atom stereocenters. The zero-order valence-corrected chi connectivity index (χ0v) is 7.83. The van der Waals surface area contributed by atoms with Gasteiger partial charge in [-0.1, -0.05) is 0 Å². The minimum atomic E-state index is -3.14. The number of aliphatic carboxylic acids is 1. The molecule has 1 rings (SSSR count). The van der Waals surface area contributed by atoms with Gasteiger partial charge in [0.05, 0.1) is 17.6 Å². The SMILES string of the molecule is O=C(O)CCC1CS(=O)(=O)CC1O. The molecule has 76 valence electrons. The molecular weight excluding hydrogens is 196 g/mol. The van der Waals surface area contributed by atoms with Crippen LogP contribution in [-0.4, -0.2) is 42.2 Å². The van der Waals surface area contributed by atoms with E-state index in [9.17, 15) is 18.3 Å². The first-order valence-electron chi connectivity index (χ1n) is 4.01. The highest BCUT2D eigenvalue weighted by Crippen LogP contribution is 2.23. The van der Waals surface area contributed by atoms with E-state index in [0.29, 0.717) is 0 Å². The zero-order chi connectivity index (χ0) is 10.1. The Morgan fingerprint density at radius 3 is 2.38 bits per heavy atom. The molecule has 2 N–H and O–H groups in total. The molecule has 0 amide bonds. The van der Waals surface area contributed by atoms with Crippen molar-refractivity contribution in [2.24, 2.45) is 5.92 Å². The number of hydrogen-bond donors (Lipinski definition) is 2. The second kappa shape index (κ2) is 3.63. The van der Waals surface area contributed by atoms with Gasteiger partial charge in [-0.05, 0) is 6.42 Å². The first-order chi connectivity index (χ1) is 5.91. The Kier molecular flexibility index (Phi) is 2.92. The van der Waals surface area contributed by atoms with Crippen molar-refractivity contribution in [3.63, 3.8) is 0 Å². The van der Waals surface area contributed by atoms with E-state index >= 15 is 0 Å². The summed E-state index contributed by atoms with van der Waals surface area (Å²) in [7, 11) is -3.14. The molecule has 5 nitrogen and oxygen atoms in total. The maximum absolute atomic E-state index is 11.0.